The molecule has 0 bridgehead atoms. The number of amides is 1. The minimum absolute atomic E-state index is 0.00133. The second-order valence-electron chi connectivity index (χ2n) is 5.37. The number of carbonyl (C=O) groups is 1. The summed E-state index contributed by atoms with van der Waals surface area (Å²) in [7, 11) is 0. The Hall–Kier alpha value is -3.82. The topological polar surface area (TPSA) is 64.9 Å². The Bertz CT molecular complexity index is 910. The van der Waals surface area contributed by atoms with E-state index in [2.05, 4.69) is 33.8 Å². The van der Waals surface area contributed by atoms with Gasteiger partial charge < -0.3 is 10.2 Å². The highest BCUT2D eigenvalue weighted by Crippen LogP contribution is 2.26. The molecule has 1 aliphatic rings. The van der Waals surface area contributed by atoms with Crippen LogP contribution in [-0.4, -0.2) is 19.0 Å². The Kier molecular flexibility index (Phi) is 5.93. The molecule has 6 heteroatoms. The predicted molar refractivity (Wildman–Crippen MR) is 100 cm³/mol. The number of nitrogens with zero attached hydrogens (tertiary/aromatic N) is 4. The number of rotatable bonds is 5. The molecule has 0 fully saturated rings. The summed E-state index contributed by atoms with van der Waals surface area (Å²) in [6, 6.07) is 9.58. The van der Waals surface area contributed by atoms with Crippen molar-refractivity contribution in [1.82, 2.24) is 5.32 Å². The van der Waals surface area contributed by atoms with Gasteiger partial charge in [0.15, 0.2) is 0 Å². The zero-order valence-electron chi connectivity index (χ0n) is 14.6. The number of allylic oxidation sites excluding steroid dienone is 1. The summed E-state index contributed by atoms with van der Waals surface area (Å²) in [4.78, 5) is 20.7. The fourth-order valence-corrected chi connectivity index (χ4v) is 2.63. The Morgan fingerprint density at radius 2 is 1.88 bits per heavy atom. The lowest BCUT2D eigenvalue weighted by Gasteiger charge is -2.20. The van der Waals surface area contributed by atoms with E-state index in [4.69, 9.17) is 18.4 Å². The SMILES string of the molecule is [C-]#[N+]C1=C(/C=C/c2ccc(N(CC)CC)cc2)C(=O)N/C1=C(\C#N)[N+]#[C-]. The molecule has 1 heterocycles. The van der Waals surface area contributed by atoms with Crippen LogP contribution in [0.5, 0.6) is 0 Å². The van der Waals surface area contributed by atoms with Crippen LogP contribution >= 0.6 is 0 Å². The van der Waals surface area contributed by atoms with E-state index in [9.17, 15) is 4.79 Å². The van der Waals surface area contributed by atoms with Crippen molar-refractivity contribution < 1.29 is 4.79 Å². The fraction of sp³-hybridized carbons (Fsp3) is 0.200. The number of hydrogen-bond donors (Lipinski definition) is 1. The highest BCUT2D eigenvalue weighted by Gasteiger charge is 2.28. The van der Waals surface area contributed by atoms with Crippen LogP contribution in [0.4, 0.5) is 5.69 Å². The smallest absolute Gasteiger partial charge is 0.274 e. The maximum Gasteiger partial charge on any atom is 0.274 e. The fourth-order valence-electron chi connectivity index (χ4n) is 2.63. The van der Waals surface area contributed by atoms with Crippen LogP contribution in [0.15, 0.2) is 53.0 Å². The monoisotopic (exact) mass is 343 g/mol. The Morgan fingerprint density at radius 3 is 2.38 bits per heavy atom. The first-order chi connectivity index (χ1) is 12.6. The van der Waals surface area contributed by atoms with Crippen LogP contribution in [0.25, 0.3) is 15.8 Å². The Labute approximate surface area is 153 Å². The van der Waals surface area contributed by atoms with E-state index in [1.54, 1.807) is 18.2 Å². The van der Waals surface area contributed by atoms with E-state index in [0.29, 0.717) is 0 Å². The van der Waals surface area contributed by atoms with Crippen molar-refractivity contribution in [3.63, 3.8) is 0 Å². The second-order valence-corrected chi connectivity index (χ2v) is 5.37. The molecule has 6 nitrogen and oxygen atoms in total. The number of anilines is 1. The molecule has 1 aromatic rings. The summed E-state index contributed by atoms with van der Waals surface area (Å²) in [5, 5.41) is 11.4. The molecule has 2 rings (SSSR count). The molecule has 0 atom stereocenters. The van der Waals surface area contributed by atoms with E-state index >= 15 is 0 Å². The van der Waals surface area contributed by atoms with Crippen LogP contribution < -0.4 is 10.2 Å². The lowest BCUT2D eigenvalue weighted by atomic mass is 10.1. The summed E-state index contributed by atoms with van der Waals surface area (Å²) in [6.45, 7) is 20.3. The molecular weight excluding hydrogens is 326 g/mol. The van der Waals surface area contributed by atoms with Gasteiger partial charge in [0.25, 0.3) is 5.70 Å². The van der Waals surface area contributed by atoms with Crippen molar-refractivity contribution in [1.29, 1.82) is 5.26 Å². The molecule has 1 N–H and O–H groups in total. The highest BCUT2D eigenvalue weighted by atomic mass is 16.2. The van der Waals surface area contributed by atoms with E-state index in [0.717, 1.165) is 24.3 Å². The Morgan fingerprint density at radius 1 is 1.23 bits per heavy atom. The molecule has 1 aliphatic heterocycles. The third-order valence-electron chi connectivity index (χ3n) is 4.01. The number of benzene rings is 1. The van der Waals surface area contributed by atoms with Gasteiger partial charge in [-0.15, -0.1) is 0 Å². The van der Waals surface area contributed by atoms with Gasteiger partial charge >= 0.3 is 0 Å². The van der Waals surface area contributed by atoms with Crippen molar-refractivity contribution in [3.8, 4) is 6.07 Å². The summed E-state index contributed by atoms with van der Waals surface area (Å²) >= 11 is 0. The van der Waals surface area contributed by atoms with Gasteiger partial charge in [-0.2, -0.15) is 0 Å². The molecule has 26 heavy (non-hydrogen) atoms. The highest BCUT2D eigenvalue weighted by molar-refractivity contribution is 6.04. The zero-order chi connectivity index (χ0) is 19.1. The average Bonchev–Trinajstić information content (AvgIpc) is 2.98. The van der Waals surface area contributed by atoms with Gasteiger partial charge in [-0.05, 0) is 31.5 Å². The average molecular weight is 343 g/mol. The molecule has 1 amide bonds. The predicted octanol–water partition coefficient (Wildman–Crippen LogP) is 3.50. The molecule has 0 spiro atoms. The van der Waals surface area contributed by atoms with Crippen LogP contribution in [0, 0.1) is 24.5 Å². The lowest BCUT2D eigenvalue weighted by Crippen LogP contribution is -2.21. The summed E-state index contributed by atoms with van der Waals surface area (Å²) < 4.78 is 0. The molecule has 0 saturated carbocycles. The maximum atomic E-state index is 12.1. The normalized spacial score (nSPS) is 15.3. The molecular formula is C20H17N5O. The number of nitriles is 1. The van der Waals surface area contributed by atoms with E-state index in [1.165, 1.54) is 0 Å². The first-order valence-electron chi connectivity index (χ1n) is 8.07. The number of carbonyl (C=O) groups excluding carboxylic acids is 1. The minimum Gasteiger partial charge on any atom is -0.372 e. The molecule has 0 aliphatic carbocycles. The quantitative estimate of drug-likeness (QED) is 0.657. The largest absolute Gasteiger partial charge is 0.372 e. The van der Waals surface area contributed by atoms with Gasteiger partial charge in [0.1, 0.15) is 0 Å². The molecule has 0 unspecified atom stereocenters. The van der Waals surface area contributed by atoms with Crippen molar-refractivity contribution in [2.75, 3.05) is 18.0 Å². The van der Waals surface area contributed by atoms with Gasteiger partial charge in [-0.25, -0.2) is 15.0 Å². The van der Waals surface area contributed by atoms with E-state index < -0.39 is 5.91 Å². The van der Waals surface area contributed by atoms with E-state index in [1.807, 2.05) is 24.3 Å². The zero-order valence-corrected chi connectivity index (χ0v) is 14.6. The number of nitrogens with one attached hydrogen (secondary N) is 1. The van der Waals surface area contributed by atoms with Crippen molar-refractivity contribution >= 4 is 17.7 Å². The molecule has 0 aromatic heterocycles. The molecule has 0 saturated heterocycles. The first-order valence-corrected chi connectivity index (χ1v) is 8.07. The summed E-state index contributed by atoms with van der Waals surface area (Å²) in [5.74, 6) is -0.488. The van der Waals surface area contributed by atoms with Gasteiger partial charge in [-0.1, -0.05) is 24.3 Å². The van der Waals surface area contributed by atoms with Crippen molar-refractivity contribution in [2.45, 2.75) is 13.8 Å². The van der Waals surface area contributed by atoms with Gasteiger partial charge in [0.05, 0.1) is 24.9 Å². The van der Waals surface area contributed by atoms with Gasteiger partial charge in [-0.3, -0.25) is 4.79 Å². The Balaban J connectivity index is 2.35. The van der Waals surface area contributed by atoms with Gasteiger partial charge in [0, 0.05) is 24.4 Å². The first kappa shape index (κ1) is 18.5. The van der Waals surface area contributed by atoms with Gasteiger partial charge in [0.2, 0.25) is 11.6 Å². The summed E-state index contributed by atoms with van der Waals surface area (Å²) in [5.41, 5.74) is 1.84. The van der Waals surface area contributed by atoms with Crippen LogP contribution in [0.1, 0.15) is 19.4 Å². The van der Waals surface area contributed by atoms with Crippen molar-refractivity contribution in [2.24, 2.45) is 0 Å². The third-order valence-corrected chi connectivity index (χ3v) is 4.01. The number of hydrogen-bond acceptors (Lipinski definition) is 3. The van der Waals surface area contributed by atoms with Crippen LogP contribution in [-0.2, 0) is 4.79 Å². The standard InChI is InChI=1S/C20H17N5O/c1-5-25(6-2)15-10-7-14(8-11-15)9-12-16-18(23-4)19(24-20(16)26)17(13-21)22-3/h7-12H,5-6H2,1-2H3,(H,24,26)/b12-9+,19-17+. The lowest BCUT2D eigenvalue weighted by molar-refractivity contribution is -0.115. The van der Waals surface area contributed by atoms with Crippen LogP contribution in [0.2, 0.25) is 0 Å². The second kappa shape index (κ2) is 8.33. The van der Waals surface area contributed by atoms with Crippen LogP contribution in [0.3, 0.4) is 0 Å². The summed E-state index contributed by atoms with van der Waals surface area (Å²) in [6.07, 6.45) is 3.28. The molecule has 0 radical (unpaired) electrons. The minimum atomic E-state index is -0.488. The molecule has 1 aromatic carbocycles. The van der Waals surface area contributed by atoms with E-state index in [-0.39, 0.29) is 22.7 Å². The van der Waals surface area contributed by atoms with Crippen molar-refractivity contribution in [3.05, 3.63) is 81.4 Å². The molecule has 128 valence electrons. The third kappa shape index (κ3) is 3.64. The maximum absolute atomic E-state index is 12.1.